The lowest BCUT2D eigenvalue weighted by Gasteiger charge is -2.08. The van der Waals surface area contributed by atoms with Gasteiger partial charge in [0.15, 0.2) is 0 Å². The van der Waals surface area contributed by atoms with Crippen LogP contribution in [0.15, 0.2) is 18.2 Å². The first-order valence-electron chi connectivity index (χ1n) is 5.87. The lowest BCUT2D eigenvalue weighted by Crippen LogP contribution is -2.09. The van der Waals surface area contributed by atoms with Crippen molar-refractivity contribution >= 4 is 17.6 Å². The van der Waals surface area contributed by atoms with Crippen LogP contribution in [0.4, 0.5) is 0 Å². The van der Waals surface area contributed by atoms with Gasteiger partial charge >= 0.3 is 5.97 Å². The lowest BCUT2D eigenvalue weighted by molar-refractivity contribution is 0.0695. The zero-order chi connectivity index (χ0) is 14.1. The van der Waals surface area contributed by atoms with Crippen LogP contribution >= 0.6 is 11.6 Å². The van der Waals surface area contributed by atoms with Crippen molar-refractivity contribution in [2.75, 3.05) is 33.5 Å². The van der Waals surface area contributed by atoms with Crippen LogP contribution in [0.2, 0.25) is 5.02 Å². The van der Waals surface area contributed by atoms with Gasteiger partial charge in [-0.05, 0) is 24.6 Å². The first-order valence-corrected chi connectivity index (χ1v) is 6.25. The van der Waals surface area contributed by atoms with E-state index in [-0.39, 0.29) is 10.6 Å². The van der Waals surface area contributed by atoms with Crippen molar-refractivity contribution in [2.45, 2.75) is 6.42 Å². The Hall–Kier alpha value is -1.30. The third-order valence-corrected chi connectivity index (χ3v) is 2.63. The molecule has 106 valence electrons. The molecule has 1 N–H and O–H groups in total. The Bertz CT molecular complexity index is 408. The van der Waals surface area contributed by atoms with E-state index in [0.29, 0.717) is 32.2 Å². The Morgan fingerprint density at radius 1 is 1.26 bits per heavy atom. The largest absolute Gasteiger partial charge is 0.491 e. The minimum Gasteiger partial charge on any atom is -0.491 e. The Balaban J connectivity index is 2.30. The van der Waals surface area contributed by atoms with Gasteiger partial charge in [0.1, 0.15) is 12.4 Å². The number of rotatable bonds is 9. The molecule has 0 spiro atoms. The Labute approximate surface area is 117 Å². The summed E-state index contributed by atoms with van der Waals surface area (Å²) >= 11 is 5.75. The van der Waals surface area contributed by atoms with Gasteiger partial charge in [-0.15, -0.1) is 0 Å². The van der Waals surface area contributed by atoms with E-state index >= 15 is 0 Å². The lowest BCUT2D eigenvalue weighted by atomic mass is 10.2. The molecule has 0 aliphatic carbocycles. The second-order valence-electron chi connectivity index (χ2n) is 3.75. The van der Waals surface area contributed by atoms with Crippen molar-refractivity contribution in [3.63, 3.8) is 0 Å². The Kier molecular flexibility index (Phi) is 7.25. The van der Waals surface area contributed by atoms with Gasteiger partial charge in [-0.25, -0.2) is 4.79 Å². The monoisotopic (exact) mass is 288 g/mol. The normalized spacial score (nSPS) is 10.4. The van der Waals surface area contributed by atoms with Crippen molar-refractivity contribution in [3.05, 3.63) is 28.8 Å². The number of aromatic carboxylic acids is 1. The van der Waals surface area contributed by atoms with Crippen LogP contribution in [0, 0.1) is 0 Å². The van der Waals surface area contributed by atoms with Crippen LogP contribution in [0.1, 0.15) is 16.8 Å². The summed E-state index contributed by atoms with van der Waals surface area (Å²) in [5, 5.41) is 9.10. The number of carboxylic acid groups (broad SMARTS) is 1. The molecular formula is C13H17ClO5. The number of benzene rings is 1. The number of ether oxygens (including phenoxy) is 3. The highest BCUT2D eigenvalue weighted by Gasteiger charge is 2.09. The van der Waals surface area contributed by atoms with Crippen molar-refractivity contribution < 1.29 is 24.1 Å². The van der Waals surface area contributed by atoms with Crippen molar-refractivity contribution in [1.29, 1.82) is 0 Å². The smallest absolute Gasteiger partial charge is 0.337 e. The maximum Gasteiger partial charge on any atom is 0.337 e. The SMILES string of the molecule is COCCCOCCOc1ccc(Cl)c(C(=O)O)c1. The maximum atomic E-state index is 10.9. The first-order chi connectivity index (χ1) is 9.15. The molecule has 0 saturated heterocycles. The molecule has 0 amide bonds. The first kappa shape index (κ1) is 15.8. The number of carboxylic acids is 1. The van der Waals surface area contributed by atoms with Crippen molar-refractivity contribution in [2.24, 2.45) is 0 Å². The van der Waals surface area contributed by atoms with E-state index in [0.717, 1.165) is 6.42 Å². The van der Waals surface area contributed by atoms with Crippen LogP contribution in [0.3, 0.4) is 0 Å². The highest BCUT2D eigenvalue weighted by Crippen LogP contribution is 2.22. The van der Waals surface area contributed by atoms with E-state index in [4.69, 9.17) is 30.9 Å². The highest BCUT2D eigenvalue weighted by atomic mass is 35.5. The third-order valence-electron chi connectivity index (χ3n) is 2.30. The predicted octanol–water partition coefficient (Wildman–Crippen LogP) is 2.47. The number of carbonyl (C=O) groups is 1. The summed E-state index contributed by atoms with van der Waals surface area (Å²) in [6.45, 7) is 2.07. The summed E-state index contributed by atoms with van der Waals surface area (Å²) in [6, 6.07) is 4.52. The molecule has 5 nitrogen and oxygen atoms in total. The molecule has 0 unspecified atom stereocenters. The molecule has 0 fully saturated rings. The van der Waals surface area contributed by atoms with Gasteiger partial charge in [0.2, 0.25) is 0 Å². The quantitative estimate of drug-likeness (QED) is 0.707. The van der Waals surface area contributed by atoms with E-state index in [1.54, 1.807) is 13.2 Å². The molecule has 0 aliphatic rings. The zero-order valence-corrected chi connectivity index (χ0v) is 11.5. The van der Waals surface area contributed by atoms with Crippen LogP contribution in [0.5, 0.6) is 5.75 Å². The van der Waals surface area contributed by atoms with Gasteiger partial charge < -0.3 is 19.3 Å². The minimum atomic E-state index is -1.08. The van der Waals surface area contributed by atoms with E-state index in [2.05, 4.69) is 0 Å². The molecule has 1 aromatic rings. The van der Waals surface area contributed by atoms with Crippen molar-refractivity contribution in [3.8, 4) is 5.75 Å². The van der Waals surface area contributed by atoms with Gasteiger partial charge in [0, 0.05) is 20.3 Å². The molecule has 0 aliphatic heterocycles. The standard InChI is InChI=1S/C13H17ClO5/c1-17-5-2-6-18-7-8-19-10-3-4-12(14)11(9-10)13(15)16/h3-4,9H,2,5-8H2,1H3,(H,15,16). The molecule has 6 heteroatoms. The summed E-state index contributed by atoms with van der Waals surface area (Å²) < 4.78 is 15.6. The highest BCUT2D eigenvalue weighted by molar-refractivity contribution is 6.33. The van der Waals surface area contributed by atoms with Crippen LogP contribution in [-0.2, 0) is 9.47 Å². The summed E-state index contributed by atoms with van der Waals surface area (Å²) in [4.78, 5) is 10.9. The van der Waals surface area contributed by atoms with E-state index in [1.165, 1.54) is 12.1 Å². The molecule has 1 rings (SSSR count). The fourth-order valence-electron chi connectivity index (χ4n) is 1.38. The molecule has 0 heterocycles. The predicted molar refractivity (Wildman–Crippen MR) is 71.2 cm³/mol. The minimum absolute atomic E-state index is 0.0279. The molecule has 19 heavy (non-hydrogen) atoms. The molecule has 1 aromatic carbocycles. The Morgan fingerprint density at radius 3 is 2.74 bits per heavy atom. The fraction of sp³-hybridized carbons (Fsp3) is 0.462. The number of hydrogen-bond acceptors (Lipinski definition) is 4. The zero-order valence-electron chi connectivity index (χ0n) is 10.7. The van der Waals surface area contributed by atoms with Gasteiger partial charge in [0.05, 0.1) is 17.2 Å². The average molecular weight is 289 g/mol. The molecule has 0 aromatic heterocycles. The third kappa shape index (κ3) is 5.92. The molecular weight excluding hydrogens is 272 g/mol. The Morgan fingerprint density at radius 2 is 2.05 bits per heavy atom. The second-order valence-corrected chi connectivity index (χ2v) is 4.16. The van der Waals surface area contributed by atoms with Crippen molar-refractivity contribution in [1.82, 2.24) is 0 Å². The maximum absolute atomic E-state index is 10.9. The van der Waals surface area contributed by atoms with Gasteiger partial charge in [-0.3, -0.25) is 0 Å². The van der Waals surface area contributed by atoms with Crippen LogP contribution in [0.25, 0.3) is 0 Å². The van der Waals surface area contributed by atoms with Crippen LogP contribution < -0.4 is 4.74 Å². The topological polar surface area (TPSA) is 65.0 Å². The van der Waals surface area contributed by atoms with E-state index < -0.39 is 5.97 Å². The summed E-state index contributed by atoms with van der Waals surface area (Å²) in [5.41, 5.74) is 0.0279. The molecule has 0 bridgehead atoms. The van der Waals surface area contributed by atoms with Gasteiger partial charge in [0.25, 0.3) is 0 Å². The summed E-state index contributed by atoms with van der Waals surface area (Å²) in [7, 11) is 1.64. The van der Waals surface area contributed by atoms with Gasteiger partial charge in [-0.2, -0.15) is 0 Å². The van der Waals surface area contributed by atoms with Crippen LogP contribution in [-0.4, -0.2) is 44.6 Å². The summed E-state index contributed by atoms with van der Waals surface area (Å²) in [6.07, 6.45) is 0.834. The number of hydrogen-bond donors (Lipinski definition) is 1. The number of halogens is 1. The van der Waals surface area contributed by atoms with E-state index in [1.807, 2.05) is 0 Å². The second kappa shape index (κ2) is 8.74. The van der Waals surface area contributed by atoms with Gasteiger partial charge in [-0.1, -0.05) is 11.6 Å². The number of methoxy groups -OCH3 is 1. The molecule has 0 radical (unpaired) electrons. The molecule has 0 saturated carbocycles. The molecule has 0 atom stereocenters. The van der Waals surface area contributed by atoms with E-state index in [9.17, 15) is 4.79 Å². The fourth-order valence-corrected chi connectivity index (χ4v) is 1.58. The summed E-state index contributed by atoms with van der Waals surface area (Å²) in [5.74, 6) is -0.617. The average Bonchev–Trinajstić information content (AvgIpc) is 2.39.